The van der Waals surface area contributed by atoms with Gasteiger partial charge in [-0.3, -0.25) is 4.79 Å². The van der Waals surface area contributed by atoms with Crippen molar-refractivity contribution in [1.29, 1.82) is 0 Å². The quantitative estimate of drug-likeness (QED) is 0.463. The molecule has 1 aliphatic heterocycles. The number of hydrogen-bond acceptors (Lipinski definition) is 4. The Morgan fingerprint density at radius 3 is 2.81 bits per heavy atom. The van der Waals surface area contributed by atoms with Crippen LogP contribution in [0.3, 0.4) is 0 Å². The van der Waals surface area contributed by atoms with E-state index in [1.807, 2.05) is 13.0 Å². The predicted octanol–water partition coefficient (Wildman–Crippen LogP) is 3.50. The molecule has 0 bridgehead atoms. The molecule has 4 rings (SSSR count). The molecule has 4 fully saturated rings. The van der Waals surface area contributed by atoms with Crippen LogP contribution in [0.1, 0.15) is 47.0 Å². The molecule has 0 spiro atoms. The van der Waals surface area contributed by atoms with Gasteiger partial charge in [0.05, 0.1) is 6.10 Å². The molecule has 1 heterocycles. The Balaban J connectivity index is 1.42. The van der Waals surface area contributed by atoms with E-state index in [0.717, 1.165) is 29.4 Å². The number of ether oxygens (including phenoxy) is 2. The maximum Gasteiger partial charge on any atom is 0.302 e. The summed E-state index contributed by atoms with van der Waals surface area (Å²) in [6.07, 6.45) is 5.34. The molecule has 0 aromatic rings. The molecule has 1 saturated heterocycles. The van der Waals surface area contributed by atoms with Gasteiger partial charge >= 0.3 is 5.97 Å². The molecule has 26 heavy (non-hydrogen) atoms. The average molecular weight is 360 g/mol. The number of fused-ring (bicyclic) bond motifs is 4. The number of hydrogen-bond donors (Lipinski definition) is 1. The molecule has 0 aromatic carbocycles. The summed E-state index contributed by atoms with van der Waals surface area (Å²) >= 11 is 0. The van der Waals surface area contributed by atoms with Crippen LogP contribution < -0.4 is 0 Å². The second-order valence-electron chi connectivity index (χ2n) is 9.38. The summed E-state index contributed by atoms with van der Waals surface area (Å²) in [4.78, 5) is 10.9. The van der Waals surface area contributed by atoms with E-state index < -0.39 is 0 Å². The first-order chi connectivity index (χ1) is 12.2. The number of carbonyl (C=O) groups is 1. The lowest BCUT2D eigenvalue weighted by atomic mass is 9.46. The first-order valence-electron chi connectivity index (χ1n) is 10.1. The van der Waals surface area contributed by atoms with Gasteiger partial charge < -0.3 is 14.6 Å². The molecule has 3 saturated carbocycles. The van der Waals surface area contributed by atoms with Crippen molar-refractivity contribution in [3.05, 3.63) is 23.8 Å². The highest BCUT2D eigenvalue weighted by molar-refractivity contribution is 5.66. The summed E-state index contributed by atoms with van der Waals surface area (Å²) in [5.41, 5.74) is 2.25. The lowest BCUT2D eigenvalue weighted by Gasteiger charge is -2.58. The molecule has 0 radical (unpaired) electrons. The first-order valence-corrected chi connectivity index (χ1v) is 10.1. The highest BCUT2D eigenvalue weighted by Crippen LogP contribution is 2.73. The van der Waals surface area contributed by atoms with E-state index in [1.54, 1.807) is 0 Å². The molecule has 4 heteroatoms. The van der Waals surface area contributed by atoms with Crippen LogP contribution in [-0.2, 0) is 14.3 Å². The fourth-order valence-corrected chi connectivity index (χ4v) is 6.60. The van der Waals surface area contributed by atoms with E-state index in [1.165, 1.54) is 19.8 Å². The smallest absolute Gasteiger partial charge is 0.302 e. The molecule has 0 aromatic heterocycles. The zero-order valence-corrected chi connectivity index (χ0v) is 16.4. The number of aliphatic hydroxyl groups is 1. The van der Waals surface area contributed by atoms with E-state index in [4.69, 9.17) is 9.47 Å². The summed E-state index contributed by atoms with van der Waals surface area (Å²) in [5, 5.41) is 10.8. The van der Waals surface area contributed by atoms with E-state index in [0.29, 0.717) is 24.4 Å². The maximum atomic E-state index is 10.9. The highest BCUT2D eigenvalue weighted by Gasteiger charge is 2.71. The lowest BCUT2D eigenvalue weighted by molar-refractivity contribution is -0.143. The van der Waals surface area contributed by atoms with Crippen molar-refractivity contribution in [2.75, 3.05) is 6.61 Å². The van der Waals surface area contributed by atoms with Crippen molar-refractivity contribution in [2.45, 2.75) is 65.3 Å². The van der Waals surface area contributed by atoms with Crippen LogP contribution in [0.4, 0.5) is 0 Å². The summed E-state index contributed by atoms with van der Waals surface area (Å²) in [7, 11) is 0. The number of esters is 1. The van der Waals surface area contributed by atoms with E-state index in [2.05, 4.69) is 20.4 Å². The largest absolute Gasteiger partial charge is 0.461 e. The molecule has 3 aliphatic carbocycles. The van der Waals surface area contributed by atoms with Gasteiger partial charge in [0, 0.05) is 12.3 Å². The molecule has 144 valence electrons. The number of aliphatic hydroxyl groups excluding tert-OH is 1. The standard InChI is InChI=1S/C22H32O4/c1-11(10-25-14(4)23)8-17-21(26-17)13(3)15-9-18(24)22(5)16-7-6-12(2)19(16)20(15)22/h8,12,15-21,24H,3,6-7,9-10H2,1-2,4-5H3/b11-8+/t12-,15+,16+,17-,18-,19-,20-,21-,22+/m1/s1. The molecule has 4 aliphatic rings. The Labute approximate surface area is 156 Å². The zero-order chi connectivity index (χ0) is 18.8. The van der Waals surface area contributed by atoms with Crippen molar-refractivity contribution in [3.8, 4) is 0 Å². The second-order valence-corrected chi connectivity index (χ2v) is 9.38. The molecule has 1 N–H and O–H groups in total. The van der Waals surface area contributed by atoms with Crippen molar-refractivity contribution in [1.82, 2.24) is 0 Å². The Morgan fingerprint density at radius 1 is 1.38 bits per heavy atom. The Kier molecular flexibility index (Phi) is 4.35. The fourth-order valence-electron chi connectivity index (χ4n) is 6.60. The lowest BCUT2D eigenvalue weighted by Crippen LogP contribution is -2.57. The van der Waals surface area contributed by atoms with Gasteiger partial charge in [0.2, 0.25) is 0 Å². The third kappa shape index (κ3) is 2.60. The third-order valence-electron chi connectivity index (χ3n) is 7.93. The van der Waals surface area contributed by atoms with Crippen LogP contribution in [0.2, 0.25) is 0 Å². The minimum Gasteiger partial charge on any atom is -0.461 e. The van der Waals surface area contributed by atoms with E-state index in [-0.39, 0.29) is 29.7 Å². The first kappa shape index (κ1) is 18.2. The van der Waals surface area contributed by atoms with Crippen LogP contribution in [0.5, 0.6) is 0 Å². The monoisotopic (exact) mass is 360 g/mol. The van der Waals surface area contributed by atoms with Crippen molar-refractivity contribution >= 4 is 5.97 Å². The summed E-state index contributed by atoms with van der Waals surface area (Å²) < 4.78 is 10.9. The van der Waals surface area contributed by atoms with Gasteiger partial charge in [-0.05, 0) is 60.5 Å². The summed E-state index contributed by atoms with van der Waals surface area (Å²) in [6, 6.07) is 0. The molecule has 0 unspecified atom stereocenters. The van der Waals surface area contributed by atoms with Gasteiger partial charge in [0.25, 0.3) is 0 Å². The van der Waals surface area contributed by atoms with Crippen molar-refractivity contribution in [3.63, 3.8) is 0 Å². The topological polar surface area (TPSA) is 59.1 Å². The van der Waals surface area contributed by atoms with Gasteiger partial charge in [-0.2, -0.15) is 0 Å². The number of epoxide rings is 1. The number of carbonyl (C=O) groups excluding carboxylic acids is 1. The van der Waals surface area contributed by atoms with E-state index >= 15 is 0 Å². The van der Waals surface area contributed by atoms with Crippen LogP contribution in [0.25, 0.3) is 0 Å². The van der Waals surface area contributed by atoms with Gasteiger partial charge in [-0.1, -0.05) is 32.9 Å². The molecule has 4 nitrogen and oxygen atoms in total. The van der Waals surface area contributed by atoms with Crippen LogP contribution in [0.15, 0.2) is 23.8 Å². The Morgan fingerprint density at radius 2 is 2.12 bits per heavy atom. The number of rotatable bonds is 5. The molecule has 9 atom stereocenters. The summed E-state index contributed by atoms with van der Waals surface area (Å²) in [6.45, 7) is 12.8. The SMILES string of the molecule is C=C([C@H]1O[C@@H]1/C=C(\C)COC(C)=O)[C@@H]1C[C@@H](O)[C@@]2(C)[C@H]1[C@@H]1[C@H](C)CC[C@@H]12. The predicted molar refractivity (Wildman–Crippen MR) is 99.3 cm³/mol. The van der Waals surface area contributed by atoms with Gasteiger partial charge in [0.15, 0.2) is 0 Å². The molecular formula is C22H32O4. The second kappa shape index (κ2) is 6.20. The zero-order valence-electron chi connectivity index (χ0n) is 16.4. The van der Waals surface area contributed by atoms with Crippen LogP contribution in [0, 0.1) is 35.0 Å². The molecule has 0 amide bonds. The third-order valence-corrected chi connectivity index (χ3v) is 7.93. The van der Waals surface area contributed by atoms with E-state index in [9.17, 15) is 9.90 Å². The maximum absolute atomic E-state index is 10.9. The minimum absolute atomic E-state index is 0.0407. The van der Waals surface area contributed by atoms with Gasteiger partial charge in [-0.15, -0.1) is 0 Å². The van der Waals surface area contributed by atoms with Gasteiger partial charge in [0.1, 0.15) is 18.8 Å². The normalized spacial score (nSPS) is 49.2. The highest BCUT2D eigenvalue weighted by atomic mass is 16.6. The molecular weight excluding hydrogens is 328 g/mol. The minimum atomic E-state index is -0.264. The Bertz CT molecular complexity index is 653. The average Bonchev–Trinajstić information content (AvgIpc) is 3.19. The summed E-state index contributed by atoms with van der Waals surface area (Å²) in [5.74, 6) is 2.87. The fraction of sp³-hybridized carbons (Fsp3) is 0.773. The van der Waals surface area contributed by atoms with Crippen LogP contribution >= 0.6 is 0 Å². The van der Waals surface area contributed by atoms with Crippen LogP contribution in [-0.4, -0.2) is 36.0 Å². The van der Waals surface area contributed by atoms with Crippen molar-refractivity contribution in [2.24, 2.45) is 35.0 Å². The van der Waals surface area contributed by atoms with Gasteiger partial charge in [-0.25, -0.2) is 0 Å². The Hall–Kier alpha value is -1.13. The van der Waals surface area contributed by atoms with Crippen molar-refractivity contribution < 1.29 is 19.4 Å².